The third-order valence-electron chi connectivity index (χ3n) is 6.41. The molecular formula is C27H28ClNO4. The highest BCUT2D eigenvalue weighted by Gasteiger charge is 2.45. The van der Waals surface area contributed by atoms with Crippen molar-refractivity contribution in [3.63, 3.8) is 0 Å². The lowest BCUT2D eigenvalue weighted by atomic mass is 9.66. The number of nitrogens with zero attached hydrogens (tertiary/aromatic N) is 1. The van der Waals surface area contributed by atoms with Gasteiger partial charge in [-0.2, -0.15) is 0 Å². The number of esters is 1. The van der Waals surface area contributed by atoms with Crippen LogP contribution < -0.4 is 4.74 Å². The van der Waals surface area contributed by atoms with E-state index in [2.05, 4.69) is 6.92 Å². The minimum absolute atomic E-state index is 0.0442. The van der Waals surface area contributed by atoms with Gasteiger partial charge in [0.25, 0.3) is 0 Å². The molecule has 1 fully saturated rings. The number of hydrogen-bond donors (Lipinski definition) is 0. The molecule has 1 aliphatic carbocycles. The van der Waals surface area contributed by atoms with Gasteiger partial charge in [-0.1, -0.05) is 42.8 Å². The van der Waals surface area contributed by atoms with Crippen LogP contribution in [0.25, 0.3) is 0 Å². The maximum atomic E-state index is 13.5. The number of rotatable bonds is 6. The molecule has 4 rings (SSSR count). The number of hydrogen-bond acceptors (Lipinski definition) is 5. The second-order valence-electron chi connectivity index (χ2n) is 8.59. The lowest BCUT2D eigenvalue weighted by molar-refractivity contribution is -0.136. The predicted octanol–water partition coefficient (Wildman–Crippen LogP) is 5.88. The molecule has 0 amide bonds. The molecule has 33 heavy (non-hydrogen) atoms. The number of fused-ring (bicyclic) bond motifs is 1. The number of carbonyl (C=O) groups is 2. The Morgan fingerprint density at radius 1 is 1.03 bits per heavy atom. The van der Waals surface area contributed by atoms with Crippen LogP contribution in [0.3, 0.4) is 0 Å². The van der Waals surface area contributed by atoms with Gasteiger partial charge in [0.05, 0.1) is 25.2 Å². The Balaban J connectivity index is 1.72. The normalized spacial score (nSPS) is 22.5. The summed E-state index contributed by atoms with van der Waals surface area (Å²) in [5.41, 5.74) is 3.84. The Hall–Kier alpha value is -2.92. The largest absolute Gasteiger partial charge is 0.494 e. The summed E-state index contributed by atoms with van der Waals surface area (Å²) in [4.78, 5) is 31.1. The first-order valence-corrected chi connectivity index (χ1v) is 11.7. The molecule has 2 aromatic rings. The number of benzene rings is 2. The fourth-order valence-electron chi connectivity index (χ4n) is 4.87. The summed E-state index contributed by atoms with van der Waals surface area (Å²) in [6.45, 7) is 4.51. The number of aliphatic imine (C=N–C) groups is 1. The third-order valence-corrected chi connectivity index (χ3v) is 6.67. The Morgan fingerprint density at radius 2 is 1.70 bits per heavy atom. The van der Waals surface area contributed by atoms with E-state index in [9.17, 15) is 9.59 Å². The van der Waals surface area contributed by atoms with Gasteiger partial charge in [-0.3, -0.25) is 9.79 Å². The van der Waals surface area contributed by atoms with Crippen molar-refractivity contribution in [3.05, 3.63) is 76.0 Å². The zero-order chi connectivity index (χ0) is 23.5. The van der Waals surface area contributed by atoms with Gasteiger partial charge in [0, 0.05) is 28.8 Å². The zero-order valence-corrected chi connectivity index (χ0v) is 19.9. The fourth-order valence-corrected chi connectivity index (χ4v) is 5.00. The molecule has 0 N–H and O–H groups in total. The molecule has 3 atom stereocenters. The Bertz CT molecular complexity index is 1100. The molecule has 172 valence electrons. The second-order valence-corrected chi connectivity index (χ2v) is 9.03. The lowest BCUT2D eigenvalue weighted by Crippen LogP contribution is -2.41. The van der Waals surface area contributed by atoms with Crippen molar-refractivity contribution in [1.29, 1.82) is 0 Å². The van der Waals surface area contributed by atoms with E-state index in [0.717, 1.165) is 29.0 Å². The Kier molecular flexibility index (Phi) is 6.99. The van der Waals surface area contributed by atoms with Gasteiger partial charge in [-0.05, 0) is 61.1 Å². The Morgan fingerprint density at radius 3 is 2.33 bits per heavy atom. The average molecular weight is 466 g/mol. The molecule has 2 aliphatic rings. The first kappa shape index (κ1) is 23.2. The van der Waals surface area contributed by atoms with Gasteiger partial charge in [-0.25, -0.2) is 4.79 Å². The van der Waals surface area contributed by atoms with Crippen molar-refractivity contribution in [2.24, 2.45) is 10.9 Å². The molecule has 6 heteroatoms. The maximum absolute atomic E-state index is 13.5. The van der Waals surface area contributed by atoms with Gasteiger partial charge in [-0.15, -0.1) is 0 Å². The molecule has 0 aromatic heterocycles. The van der Waals surface area contributed by atoms with E-state index >= 15 is 0 Å². The number of carbonyl (C=O) groups excluding carboxylic acids is 2. The molecule has 1 heterocycles. The lowest BCUT2D eigenvalue weighted by Gasteiger charge is -2.38. The van der Waals surface area contributed by atoms with Crippen molar-refractivity contribution in [1.82, 2.24) is 0 Å². The van der Waals surface area contributed by atoms with E-state index in [-0.39, 0.29) is 11.7 Å². The number of ether oxygens (including phenoxy) is 2. The van der Waals surface area contributed by atoms with Gasteiger partial charge in [0.1, 0.15) is 11.5 Å². The standard InChI is InChI=1S/C27H28ClNO4/c1-4-13-33-21-11-7-18(8-12-21)25-24(27(31)32-3)16(2)29-22-14-19(15-23(30)26(22)25)17-5-9-20(28)10-6-17/h5-12,19,25-26H,4,13-15H2,1-3H3/t19-,25-,26?/m0/s1. The highest BCUT2D eigenvalue weighted by atomic mass is 35.5. The number of allylic oxidation sites excluding steroid dienone is 1. The SMILES string of the molecule is CCCOc1ccc([C@H]2C(C(=O)OC)=C(C)N=C3C[C@H](c4ccc(Cl)cc4)CC(=O)C32)cc1. The van der Waals surface area contributed by atoms with E-state index in [1.807, 2.05) is 55.5 Å². The topological polar surface area (TPSA) is 65.0 Å². The molecule has 1 saturated carbocycles. The van der Waals surface area contributed by atoms with Crippen LogP contribution >= 0.6 is 11.6 Å². The summed E-state index contributed by atoms with van der Waals surface area (Å²) in [5, 5.41) is 0.668. The van der Waals surface area contributed by atoms with Crippen molar-refractivity contribution < 1.29 is 19.1 Å². The highest BCUT2D eigenvalue weighted by Crippen LogP contribution is 2.46. The zero-order valence-electron chi connectivity index (χ0n) is 19.1. The highest BCUT2D eigenvalue weighted by molar-refractivity contribution is 6.30. The number of methoxy groups -OCH3 is 1. The fraction of sp³-hybridized carbons (Fsp3) is 0.370. The predicted molar refractivity (Wildman–Crippen MR) is 129 cm³/mol. The van der Waals surface area contributed by atoms with Crippen molar-refractivity contribution in [2.75, 3.05) is 13.7 Å². The van der Waals surface area contributed by atoms with Crippen molar-refractivity contribution in [3.8, 4) is 5.75 Å². The maximum Gasteiger partial charge on any atom is 0.336 e. The summed E-state index contributed by atoms with van der Waals surface area (Å²) < 4.78 is 10.8. The Labute approximate surface area is 199 Å². The van der Waals surface area contributed by atoms with Crippen LogP contribution in [0.5, 0.6) is 5.75 Å². The van der Waals surface area contributed by atoms with Crippen molar-refractivity contribution in [2.45, 2.75) is 44.9 Å². The summed E-state index contributed by atoms with van der Waals surface area (Å²) >= 11 is 6.05. The first-order chi connectivity index (χ1) is 15.9. The van der Waals surface area contributed by atoms with Crippen LogP contribution in [0.15, 0.2) is 64.8 Å². The van der Waals surface area contributed by atoms with Crippen LogP contribution in [0.4, 0.5) is 0 Å². The van der Waals surface area contributed by atoms with E-state index in [0.29, 0.717) is 35.7 Å². The van der Waals surface area contributed by atoms with Gasteiger partial charge in [0.15, 0.2) is 0 Å². The first-order valence-electron chi connectivity index (χ1n) is 11.3. The number of halogens is 1. The molecular weight excluding hydrogens is 438 g/mol. The van der Waals surface area contributed by atoms with Crippen molar-refractivity contribution >= 4 is 29.1 Å². The molecule has 2 aromatic carbocycles. The van der Waals surface area contributed by atoms with Crippen LogP contribution in [-0.4, -0.2) is 31.2 Å². The number of Topliss-reactive ketones (excluding diaryl/α,β-unsaturated/α-hetero) is 1. The van der Waals surface area contributed by atoms with E-state index in [1.54, 1.807) is 0 Å². The third kappa shape index (κ3) is 4.74. The summed E-state index contributed by atoms with van der Waals surface area (Å²) in [5.74, 6) is -0.451. The van der Waals surface area contributed by atoms with E-state index in [1.165, 1.54) is 7.11 Å². The monoisotopic (exact) mass is 465 g/mol. The van der Waals surface area contributed by atoms with Gasteiger partial charge >= 0.3 is 5.97 Å². The molecule has 0 spiro atoms. The van der Waals surface area contributed by atoms with Gasteiger partial charge < -0.3 is 9.47 Å². The van der Waals surface area contributed by atoms with E-state index < -0.39 is 17.8 Å². The molecule has 1 aliphatic heterocycles. The van der Waals surface area contributed by atoms with Crippen LogP contribution in [0, 0.1) is 5.92 Å². The summed E-state index contributed by atoms with van der Waals surface area (Å²) in [6, 6.07) is 15.3. The summed E-state index contributed by atoms with van der Waals surface area (Å²) in [6.07, 6.45) is 1.98. The molecule has 0 bridgehead atoms. The molecule has 5 nitrogen and oxygen atoms in total. The molecule has 1 unspecified atom stereocenters. The van der Waals surface area contributed by atoms with Crippen LogP contribution in [0.1, 0.15) is 56.1 Å². The minimum atomic E-state index is -0.478. The smallest absolute Gasteiger partial charge is 0.336 e. The number of ketones is 1. The van der Waals surface area contributed by atoms with Gasteiger partial charge in [0.2, 0.25) is 0 Å². The summed E-state index contributed by atoms with van der Waals surface area (Å²) in [7, 11) is 1.36. The second kappa shape index (κ2) is 9.92. The average Bonchev–Trinajstić information content (AvgIpc) is 2.82. The van der Waals surface area contributed by atoms with Crippen LogP contribution in [-0.2, 0) is 14.3 Å². The van der Waals surface area contributed by atoms with E-state index in [4.69, 9.17) is 26.1 Å². The quantitative estimate of drug-likeness (QED) is 0.500. The van der Waals surface area contributed by atoms with Crippen LogP contribution in [0.2, 0.25) is 5.02 Å². The molecule has 0 radical (unpaired) electrons. The minimum Gasteiger partial charge on any atom is -0.494 e. The molecule has 0 saturated heterocycles.